The standard InChI is InChI=1S/C29H25N2O/c1-18(2)25-23(30-4)17-22(20-11-7-6-8-12-20)27-21-15-14-19(3)26(28(21)32-29(25)27)24-13-9-10-16-31(24)5/h6-18H,1-3,5H3/q+1. The molecule has 5 rings (SSSR count). The number of nitrogens with zero attached hydrogens (tertiary/aromatic N) is 2. The Morgan fingerprint density at radius 3 is 2.38 bits per heavy atom. The number of rotatable bonds is 3. The summed E-state index contributed by atoms with van der Waals surface area (Å²) in [6, 6.07) is 22.9. The quantitative estimate of drug-likeness (QED) is 0.217. The van der Waals surface area contributed by atoms with Gasteiger partial charge in [0.1, 0.15) is 18.2 Å². The first kappa shape index (κ1) is 20.0. The van der Waals surface area contributed by atoms with Gasteiger partial charge in [0.15, 0.2) is 11.9 Å². The second-order valence-electron chi connectivity index (χ2n) is 8.63. The van der Waals surface area contributed by atoms with Crippen LogP contribution in [-0.2, 0) is 7.05 Å². The molecule has 156 valence electrons. The Balaban J connectivity index is 2.01. The molecule has 0 atom stereocenters. The number of hydrogen-bond donors (Lipinski definition) is 0. The van der Waals surface area contributed by atoms with Gasteiger partial charge in [0.25, 0.3) is 0 Å². The van der Waals surface area contributed by atoms with Crippen LogP contribution >= 0.6 is 0 Å². The molecule has 2 heterocycles. The lowest BCUT2D eigenvalue weighted by atomic mass is 9.91. The summed E-state index contributed by atoms with van der Waals surface area (Å²) in [6.45, 7) is 14.2. The molecule has 0 saturated carbocycles. The van der Waals surface area contributed by atoms with Gasteiger partial charge in [-0.3, -0.25) is 0 Å². The van der Waals surface area contributed by atoms with Gasteiger partial charge in [0.2, 0.25) is 5.69 Å². The number of furan rings is 1. The molecule has 0 amide bonds. The number of fused-ring (bicyclic) bond motifs is 3. The normalized spacial score (nSPS) is 11.4. The zero-order chi connectivity index (χ0) is 22.4. The summed E-state index contributed by atoms with van der Waals surface area (Å²) in [5, 5.41) is 2.17. The molecule has 0 radical (unpaired) electrons. The summed E-state index contributed by atoms with van der Waals surface area (Å²) < 4.78 is 8.84. The van der Waals surface area contributed by atoms with Crippen LogP contribution in [0.5, 0.6) is 0 Å². The smallest absolute Gasteiger partial charge is 0.216 e. The molecule has 0 N–H and O–H groups in total. The molecular weight excluding hydrogens is 392 g/mol. The van der Waals surface area contributed by atoms with Crippen LogP contribution in [0.15, 0.2) is 77.3 Å². The van der Waals surface area contributed by atoms with E-state index in [1.54, 1.807) is 0 Å². The van der Waals surface area contributed by atoms with Crippen molar-refractivity contribution in [2.75, 3.05) is 0 Å². The summed E-state index contributed by atoms with van der Waals surface area (Å²) in [6.07, 6.45) is 2.06. The Morgan fingerprint density at radius 1 is 0.938 bits per heavy atom. The predicted octanol–water partition coefficient (Wildman–Crippen LogP) is 7.73. The second kappa shape index (κ2) is 7.66. The molecule has 5 aromatic rings. The fourth-order valence-electron chi connectivity index (χ4n) is 4.72. The van der Waals surface area contributed by atoms with E-state index in [1.807, 2.05) is 30.3 Å². The van der Waals surface area contributed by atoms with Crippen LogP contribution < -0.4 is 4.57 Å². The van der Waals surface area contributed by atoms with Crippen molar-refractivity contribution in [3.63, 3.8) is 0 Å². The van der Waals surface area contributed by atoms with Crippen molar-refractivity contribution in [1.29, 1.82) is 0 Å². The van der Waals surface area contributed by atoms with E-state index < -0.39 is 0 Å². The maximum Gasteiger partial charge on any atom is 0.216 e. The van der Waals surface area contributed by atoms with Crippen molar-refractivity contribution in [3.8, 4) is 22.4 Å². The zero-order valence-electron chi connectivity index (χ0n) is 18.8. The molecule has 3 nitrogen and oxygen atoms in total. The van der Waals surface area contributed by atoms with Crippen molar-refractivity contribution < 1.29 is 8.98 Å². The van der Waals surface area contributed by atoms with E-state index in [4.69, 9.17) is 11.0 Å². The topological polar surface area (TPSA) is 21.4 Å². The molecule has 0 aliphatic carbocycles. The van der Waals surface area contributed by atoms with E-state index in [0.29, 0.717) is 5.69 Å². The van der Waals surface area contributed by atoms with E-state index in [9.17, 15) is 0 Å². The number of aromatic nitrogens is 1. The summed E-state index contributed by atoms with van der Waals surface area (Å²) in [4.78, 5) is 3.90. The van der Waals surface area contributed by atoms with Gasteiger partial charge in [-0.15, -0.1) is 0 Å². The van der Waals surface area contributed by atoms with Crippen molar-refractivity contribution >= 4 is 27.6 Å². The average Bonchev–Trinajstić information content (AvgIpc) is 3.18. The molecule has 0 unspecified atom stereocenters. The Kier molecular flexibility index (Phi) is 4.79. The first-order valence-electron chi connectivity index (χ1n) is 10.9. The minimum Gasteiger partial charge on any atom is -0.456 e. The number of hydrogen-bond acceptors (Lipinski definition) is 1. The van der Waals surface area contributed by atoms with E-state index in [0.717, 1.165) is 55.4 Å². The third-order valence-electron chi connectivity index (χ3n) is 6.23. The van der Waals surface area contributed by atoms with Crippen molar-refractivity contribution in [2.24, 2.45) is 7.05 Å². The van der Waals surface area contributed by atoms with Crippen molar-refractivity contribution in [2.45, 2.75) is 26.7 Å². The summed E-state index contributed by atoms with van der Waals surface area (Å²) in [5.41, 5.74) is 8.84. The van der Waals surface area contributed by atoms with Gasteiger partial charge in [-0.1, -0.05) is 56.3 Å². The SMILES string of the molecule is [C-]#[N+]c1cc(-c2ccccc2)c2c(oc3c(-c4cccc[n+]4C)c(C)ccc32)c1C(C)C. The van der Waals surface area contributed by atoms with Crippen LogP contribution in [-0.4, -0.2) is 0 Å². The molecule has 0 aliphatic heterocycles. The summed E-state index contributed by atoms with van der Waals surface area (Å²) in [7, 11) is 2.06. The highest BCUT2D eigenvalue weighted by Crippen LogP contribution is 2.47. The van der Waals surface area contributed by atoms with Crippen molar-refractivity contribution in [1.82, 2.24) is 0 Å². The van der Waals surface area contributed by atoms with Gasteiger partial charge in [-0.05, 0) is 41.7 Å². The Morgan fingerprint density at radius 2 is 1.69 bits per heavy atom. The maximum absolute atomic E-state index is 7.87. The fraction of sp³-hybridized carbons (Fsp3) is 0.172. The van der Waals surface area contributed by atoms with Gasteiger partial charge in [-0.2, -0.15) is 0 Å². The van der Waals surface area contributed by atoms with Gasteiger partial charge >= 0.3 is 0 Å². The van der Waals surface area contributed by atoms with Crippen LogP contribution in [0.25, 0.3) is 49.2 Å². The molecular formula is C29H25N2O+. The number of benzene rings is 3. The van der Waals surface area contributed by atoms with E-state index in [2.05, 4.69) is 79.8 Å². The lowest BCUT2D eigenvalue weighted by molar-refractivity contribution is -0.660. The maximum atomic E-state index is 7.87. The summed E-state index contributed by atoms with van der Waals surface area (Å²) in [5.74, 6) is 0.171. The highest BCUT2D eigenvalue weighted by molar-refractivity contribution is 6.17. The predicted molar refractivity (Wildman–Crippen MR) is 131 cm³/mol. The monoisotopic (exact) mass is 417 g/mol. The van der Waals surface area contributed by atoms with Crippen LogP contribution in [0, 0.1) is 13.5 Å². The number of aryl methyl sites for hydroxylation is 2. The van der Waals surface area contributed by atoms with Gasteiger partial charge in [0.05, 0.1) is 12.1 Å². The lowest BCUT2D eigenvalue weighted by Gasteiger charge is -2.13. The van der Waals surface area contributed by atoms with Crippen LogP contribution in [0.4, 0.5) is 5.69 Å². The number of pyridine rings is 1. The largest absolute Gasteiger partial charge is 0.456 e. The fourth-order valence-corrected chi connectivity index (χ4v) is 4.72. The lowest BCUT2D eigenvalue weighted by Crippen LogP contribution is -2.30. The van der Waals surface area contributed by atoms with E-state index >= 15 is 0 Å². The molecule has 0 bridgehead atoms. The molecule has 0 saturated heterocycles. The first-order chi connectivity index (χ1) is 15.5. The Hall–Kier alpha value is -3.90. The van der Waals surface area contributed by atoms with Crippen molar-refractivity contribution in [3.05, 3.63) is 95.5 Å². The Bertz CT molecular complexity index is 1520. The minimum absolute atomic E-state index is 0.171. The first-order valence-corrected chi connectivity index (χ1v) is 10.9. The van der Waals surface area contributed by atoms with E-state index in [-0.39, 0.29) is 5.92 Å². The molecule has 0 spiro atoms. The third-order valence-corrected chi connectivity index (χ3v) is 6.23. The van der Waals surface area contributed by atoms with Crippen LogP contribution in [0.1, 0.15) is 30.9 Å². The molecule has 0 aliphatic rings. The second-order valence-corrected chi connectivity index (χ2v) is 8.63. The molecule has 3 heteroatoms. The van der Waals surface area contributed by atoms with Crippen LogP contribution in [0.2, 0.25) is 0 Å². The van der Waals surface area contributed by atoms with Gasteiger partial charge in [0, 0.05) is 28.5 Å². The molecule has 0 fully saturated rings. The Labute approximate surface area is 188 Å². The average molecular weight is 418 g/mol. The molecule has 32 heavy (non-hydrogen) atoms. The zero-order valence-corrected chi connectivity index (χ0v) is 18.8. The van der Waals surface area contributed by atoms with Gasteiger partial charge in [-0.25, -0.2) is 9.41 Å². The van der Waals surface area contributed by atoms with E-state index in [1.165, 1.54) is 0 Å². The minimum atomic E-state index is 0.171. The van der Waals surface area contributed by atoms with Gasteiger partial charge < -0.3 is 4.42 Å². The highest BCUT2D eigenvalue weighted by Gasteiger charge is 2.25. The summed E-state index contributed by atoms with van der Waals surface area (Å²) >= 11 is 0. The molecule has 3 aromatic carbocycles. The third kappa shape index (κ3) is 2.99. The van der Waals surface area contributed by atoms with Crippen LogP contribution in [0.3, 0.4) is 0 Å². The highest BCUT2D eigenvalue weighted by atomic mass is 16.3. The molecule has 2 aromatic heterocycles.